The number of nitro benzene ring substituents is 1. The second kappa shape index (κ2) is 6.70. The van der Waals surface area contributed by atoms with Crippen LogP contribution in [0.15, 0.2) is 75.4 Å². The minimum Gasteiger partial charge on any atom is -0.340 e. The Balaban J connectivity index is 1.77. The quantitative estimate of drug-likeness (QED) is 0.359. The largest absolute Gasteiger partial charge is 0.340 e. The molecule has 0 spiro atoms. The lowest BCUT2D eigenvalue weighted by Gasteiger charge is -2.01. The fourth-order valence-corrected chi connectivity index (χ4v) is 4.37. The van der Waals surface area contributed by atoms with Gasteiger partial charge in [0.05, 0.1) is 27.6 Å². The van der Waals surface area contributed by atoms with E-state index in [1.165, 1.54) is 17.8 Å². The Bertz CT molecular complexity index is 1040. The SMILES string of the molecule is O=[N+]([O-])c1ccccc1Sc1cn(Cc2cscn2)c2ccccc12. The van der Waals surface area contributed by atoms with Crippen LogP contribution in [0.5, 0.6) is 0 Å². The molecule has 0 atom stereocenters. The third-order valence-corrected chi connectivity index (χ3v) is 5.60. The van der Waals surface area contributed by atoms with Crippen LogP contribution >= 0.6 is 23.1 Å². The molecule has 7 heteroatoms. The second-order valence-electron chi connectivity index (χ2n) is 5.45. The monoisotopic (exact) mass is 367 g/mol. The zero-order chi connectivity index (χ0) is 17.2. The summed E-state index contributed by atoms with van der Waals surface area (Å²) in [6, 6.07) is 14.9. The van der Waals surface area contributed by atoms with Crippen LogP contribution < -0.4 is 0 Å². The Kier molecular flexibility index (Phi) is 4.25. The highest BCUT2D eigenvalue weighted by molar-refractivity contribution is 7.99. The normalized spacial score (nSPS) is 11.0. The summed E-state index contributed by atoms with van der Waals surface area (Å²) in [5.74, 6) is 0. The summed E-state index contributed by atoms with van der Waals surface area (Å²) in [5.41, 5.74) is 4.05. The molecule has 4 rings (SSSR count). The van der Waals surface area contributed by atoms with Gasteiger partial charge < -0.3 is 4.57 Å². The molecule has 0 aliphatic rings. The van der Waals surface area contributed by atoms with Crippen molar-refractivity contribution in [1.82, 2.24) is 9.55 Å². The minimum absolute atomic E-state index is 0.129. The molecule has 0 fully saturated rings. The molecule has 0 saturated heterocycles. The van der Waals surface area contributed by atoms with Crippen LogP contribution in [-0.2, 0) is 6.54 Å². The summed E-state index contributed by atoms with van der Waals surface area (Å²) in [4.78, 5) is 16.9. The molecule has 2 aromatic carbocycles. The van der Waals surface area contributed by atoms with Crippen LogP contribution in [0.2, 0.25) is 0 Å². The second-order valence-corrected chi connectivity index (χ2v) is 7.25. The summed E-state index contributed by atoms with van der Waals surface area (Å²) in [5, 5.41) is 14.4. The smallest absolute Gasteiger partial charge is 0.283 e. The Morgan fingerprint density at radius 2 is 1.92 bits per heavy atom. The number of fused-ring (bicyclic) bond motifs is 1. The van der Waals surface area contributed by atoms with Gasteiger partial charge in [0, 0.05) is 33.4 Å². The molecule has 0 bridgehead atoms. The maximum absolute atomic E-state index is 11.3. The first kappa shape index (κ1) is 15.9. The molecule has 2 heterocycles. The lowest BCUT2D eigenvalue weighted by molar-refractivity contribution is -0.387. The van der Waals surface area contributed by atoms with Crippen molar-refractivity contribution in [3.8, 4) is 0 Å². The summed E-state index contributed by atoms with van der Waals surface area (Å²) in [6.07, 6.45) is 2.05. The molecule has 4 aromatic rings. The molecular weight excluding hydrogens is 354 g/mol. The molecule has 0 saturated carbocycles. The van der Waals surface area contributed by atoms with Gasteiger partial charge in [-0.25, -0.2) is 4.98 Å². The lowest BCUT2D eigenvalue weighted by Crippen LogP contribution is -1.97. The fourth-order valence-electron chi connectivity index (χ4n) is 2.73. The van der Waals surface area contributed by atoms with Crippen molar-refractivity contribution < 1.29 is 4.92 Å². The Morgan fingerprint density at radius 1 is 1.12 bits per heavy atom. The van der Waals surface area contributed by atoms with Gasteiger partial charge in [0.15, 0.2) is 0 Å². The van der Waals surface area contributed by atoms with Crippen molar-refractivity contribution in [2.45, 2.75) is 16.3 Å². The van der Waals surface area contributed by atoms with E-state index in [0.29, 0.717) is 11.4 Å². The first-order valence-electron chi connectivity index (χ1n) is 7.58. The average Bonchev–Trinajstić information content (AvgIpc) is 3.25. The Labute approximate surface area is 152 Å². The number of thiazole rings is 1. The molecule has 25 heavy (non-hydrogen) atoms. The van der Waals surface area contributed by atoms with Crippen molar-refractivity contribution >= 4 is 39.7 Å². The molecule has 0 amide bonds. The zero-order valence-corrected chi connectivity index (χ0v) is 14.7. The third-order valence-electron chi connectivity index (χ3n) is 3.85. The topological polar surface area (TPSA) is 61.0 Å². The highest BCUT2D eigenvalue weighted by Crippen LogP contribution is 2.39. The van der Waals surface area contributed by atoms with Gasteiger partial charge in [-0.3, -0.25) is 10.1 Å². The van der Waals surface area contributed by atoms with Crippen molar-refractivity contribution in [3.63, 3.8) is 0 Å². The van der Waals surface area contributed by atoms with E-state index in [1.807, 2.05) is 41.4 Å². The van der Waals surface area contributed by atoms with Gasteiger partial charge in [0.2, 0.25) is 0 Å². The maximum Gasteiger partial charge on any atom is 0.283 e. The number of hydrogen-bond acceptors (Lipinski definition) is 5. The van der Waals surface area contributed by atoms with E-state index in [9.17, 15) is 10.1 Å². The van der Waals surface area contributed by atoms with E-state index in [-0.39, 0.29) is 10.6 Å². The summed E-state index contributed by atoms with van der Waals surface area (Å²) < 4.78 is 2.14. The van der Waals surface area contributed by atoms with Gasteiger partial charge in [-0.2, -0.15) is 0 Å². The van der Waals surface area contributed by atoms with Crippen LogP contribution in [-0.4, -0.2) is 14.5 Å². The lowest BCUT2D eigenvalue weighted by atomic mass is 10.2. The number of nitrogens with zero attached hydrogens (tertiary/aromatic N) is 3. The maximum atomic E-state index is 11.3. The fraction of sp³-hybridized carbons (Fsp3) is 0.0556. The van der Waals surface area contributed by atoms with Crippen molar-refractivity contribution in [3.05, 3.63) is 81.4 Å². The van der Waals surface area contributed by atoms with Gasteiger partial charge in [-0.15, -0.1) is 11.3 Å². The molecule has 0 aliphatic heterocycles. The summed E-state index contributed by atoms with van der Waals surface area (Å²) in [7, 11) is 0. The van der Waals surface area contributed by atoms with Gasteiger partial charge in [0.1, 0.15) is 0 Å². The molecule has 0 aliphatic carbocycles. The molecule has 0 radical (unpaired) electrons. The molecule has 0 N–H and O–H groups in total. The van der Waals surface area contributed by atoms with E-state index < -0.39 is 0 Å². The van der Waals surface area contributed by atoms with E-state index in [0.717, 1.165) is 21.5 Å². The Hall–Kier alpha value is -2.64. The molecule has 2 aromatic heterocycles. The van der Waals surface area contributed by atoms with Crippen LogP contribution in [0.25, 0.3) is 10.9 Å². The number of nitro groups is 1. The van der Waals surface area contributed by atoms with Crippen LogP contribution in [0.1, 0.15) is 5.69 Å². The first-order valence-corrected chi connectivity index (χ1v) is 9.34. The predicted molar refractivity (Wildman–Crippen MR) is 100 cm³/mol. The number of hydrogen-bond donors (Lipinski definition) is 0. The Morgan fingerprint density at radius 3 is 2.72 bits per heavy atom. The molecular formula is C18H13N3O2S2. The van der Waals surface area contributed by atoms with Crippen molar-refractivity contribution in [1.29, 1.82) is 0 Å². The predicted octanol–water partition coefficient (Wildman–Crippen LogP) is 5.21. The van der Waals surface area contributed by atoms with Crippen molar-refractivity contribution in [2.75, 3.05) is 0 Å². The van der Waals surface area contributed by atoms with E-state index in [1.54, 1.807) is 23.5 Å². The first-order chi connectivity index (χ1) is 12.2. The van der Waals surface area contributed by atoms with E-state index >= 15 is 0 Å². The van der Waals surface area contributed by atoms with Crippen LogP contribution in [0, 0.1) is 10.1 Å². The number of aromatic nitrogens is 2. The highest BCUT2D eigenvalue weighted by Gasteiger charge is 2.17. The van der Waals surface area contributed by atoms with Gasteiger partial charge in [0.25, 0.3) is 5.69 Å². The summed E-state index contributed by atoms with van der Waals surface area (Å²) in [6.45, 7) is 0.682. The molecule has 5 nitrogen and oxygen atoms in total. The van der Waals surface area contributed by atoms with E-state index in [4.69, 9.17) is 0 Å². The number of rotatable bonds is 5. The standard InChI is InChI=1S/C18H13N3O2S2/c22-21(23)16-7-3-4-8-17(16)25-18-10-20(9-13-11-24-12-19-13)15-6-2-1-5-14(15)18/h1-8,10-12H,9H2. The van der Waals surface area contributed by atoms with Gasteiger partial charge >= 0.3 is 0 Å². The van der Waals surface area contributed by atoms with Gasteiger partial charge in [-0.05, 0) is 12.1 Å². The van der Waals surface area contributed by atoms with Crippen molar-refractivity contribution in [2.24, 2.45) is 0 Å². The molecule has 124 valence electrons. The highest BCUT2D eigenvalue weighted by atomic mass is 32.2. The van der Waals surface area contributed by atoms with E-state index in [2.05, 4.69) is 15.6 Å². The van der Waals surface area contributed by atoms with Gasteiger partial charge in [-0.1, -0.05) is 42.1 Å². The molecule has 0 unspecified atom stereocenters. The third kappa shape index (κ3) is 3.16. The minimum atomic E-state index is -0.337. The average molecular weight is 367 g/mol. The zero-order valence-electron chi connectivity index (χ0n) is 13.0. The summed E-state index contributed by atoms with van der Waals surface area (Å²) >= 11 is 3.00. The number of benzene rings is 2. The van der Waals surface area contributed by atoms with Crippen LogP contribution in [0.3, 0.4) is 0 Å². The number of para-hydroxylation sites is 2. The van der Waals surface area contributed by atoms with Crippen LogP contribution in [0.4, 0.5) is 5.69 Å².